The lowest BCUT2D eigenvalue weighted by Crippen LogP contribution is -1.89. The molecule has 1 aromatic heterocycles. The number of fused-ring (bicyclic) bond motifs is 1. The maximum absolute atomic E-state index is 5.27. The van der Waals surface area contributed by atoms with Crippen molar-refractivity contribution in [2.45, 2.75) is 6.42 Å². The highest BCUT2D eigenvalue weighted by Crippen LogP contribution is 2.33. The number of rotatable bonds is 1. The van der Waals surface area contributed by atoms with Gasteiger partial charge in [-0.05, 0) is 0 Å². The lowest BCUT2D eigenvalue weighted by Gasteiger charge is -1.95. The van der Waals surface area contributed by atoms with Crippen molar-refractivity contribution in [2.24, 2.45) is 0 Å². The van der Waals surface area contributed by atoms with Crippen molar-refractivity contribution in [1.29, 1.82) is 0 Å². The van der Waals surface area contributed by atoms with E-state index in [1.807, 2.05) is 30.3 Å². The van der Waals surface area contributed by atoms with Gasteiger partial charge in [-0.25, -0.2) is 0 Å². The van der Waals surface area contributed by atoms with Crippen molar-refractivity contribution < 1.29 is 9.26 Å². The molecular formula is C11H9NO2. The molecule has 0 saturated carbocycles. The molecule has 0 N–H and O–H groups in total. The Bertz CT molecular complexity index is 448. The molecular weight excluding hydrogens is 178 g/mol. The Morgan fingerprint density at radius 1 is 1.14 bits per heavy atom. The molecule has 0 fully saturated rings. The van der Waals surface area contributed by atoms with Crippen LogP contribution in [-0.2, 0) is 6.42 Å². The predicted molar refractivity (Wildman–Crippen MR) is 51.1 cm³/mol. The molecule has 0 aliphatic carbocycles. The fourth-order valence-electron chi connectivity index (χ4n) is 1.70. The summed E-state index contributed by atoms with van der Waals surface area (Å²) in [7, 11) is 0. The van der Waals surface area contributed by atoms with Crippen LogP contribution in [0.25, 0.3) is 11.3 Å². The van der Waals surface area contributed by atoms with Gasteiger partial charge in [-0.1, -0.05) is 35.5 Å². The first-order valence-corrected chi connectivity index (χ1v) is 4.62. The van der Waals surface area contributed by atoms with Crippen LogP contribution in [0, 0.1) is 0 Å². The lowest BCUT2D eigenvalue weighted by atomic mass is 10.1. The quantitative estimate of drug-likeness (QED) is 0.687. The summed E-state index contributed by atoms with van der Waals surface area (Å²) in [5.41, 5.74) is 3.09. The van der Waals surface area contributed by atoms with Gasteiger partial charge in [0, 0.05) is 12.0 Å². The van der Waals surface area contributed by atoms with Gasteiger partial charge in [0.2, 0.25) is 0 Å². The molecule has 0 saturated heterocycles. The van der Waals surface area contributed by atoms with Gasteiger partial charge in [-0.3, -0.25) is 0 Å². The van der Waals surface area contributed by atoms with Gasteiger partial charge in [-0.15, -0.1) is 0 Å². The first kappa shape index (κ1) is 7.62. The van der Waals surface area contributed by atoms with Crippen molar-refractivity contribution in [3.05, 3.63) is 35.9 Å². The summed E-state index contributed by atoms with van der Waals surface area (Å²) in [5.74, 6) is 0.587. The van der Waals surface area contributed by atoms with E-state index in [-0.39, 0.29) is 0 Å². The Labute approximate surface area is 81.3 Å². The minimum absolute atomic E-state index is 0.587. The van der Waals surface area contributed by atoms with Crippen LogP contribution in [0.5, 0.6) is 5.95 Å². The molecule has 0 atom stereocenters. The molecule has 70 valence electrons. The maximum Gasteiger partial charge on any atom is 0.315 e. The van der Waals surface area contributed by atoms with Crippen LogP contribution < -0.4 is 4.74 Å². The highest BCUT2D eigenvalue weighted by Gasteiger charge is 2.23. The van der Waals surface area contributed by atoms with Crippen molar-refractivity contribution >= 4 is 0 Å². The molecule has 1 aromatic carbocycles. The number of benzene rings is 1. The molecule has 1 aliphatic rings. The fraction of sp³-hybridized carbons (Fsp3) is 0.182. The first-order chi connectivity index (χ1) is 6.95. The molecule has 3 heteroatoms. The minimum atomic E-state index is 0.587. The van der Waals surface area contributed by atoms with E-state index < -0.39 is 0 Å². The molecule has 14 heavy (non-hydrogen) atoms. The molecule has 0 amide bonds. The Morgan fingerprint density at radius 3 is 2.86 bits per heavy atom. The van der Waals surface area contributed by atoms with Crippen molar-refractivity contribution in [3.8, 4) is 17.2 Å². The number of nitrogens with zero attached hydrogens (tertiary/aromatic N) is 1. The van der Waals surface area contributed by atoms with Crippen molar-refractivity contribution in [2.75, 3.05) is 6.61 Å². The highest BCUT2D eigenvalue weighted by atomic mass is 16.6. The first-order valence-electron chi connectivity index (χ1n) is 4.62. The van der Waals surface area contributed by atoms with Crippen molar-refractivity contribution in [1.82, 2.24) is 5.16 Å². The number of hydrogen-bond acceptors (Lipinski definition) is 3. The van der Waals surface area contributed by atoms with Gasteiger partial charge in [0.05, 0.1) is 12.2 Å². The van der Waals surface area contributed by atoms with Gasteiger partial charge < -0.3 is 9.26 Å². The van der Waals surface area contributed by atoms with E-state index in [0.717, 1.165) is 23.2 Å². The Hall–Kier alpha value is -1.77. The topological polar surface area (TPSA) is 35.3 Å². The van der Waals surface area contributed by atoms with Crippen molar-refractivity contribution in [3.63, 3.8) is 0 Å². The molecule has 0 unspecified atom stereocenters. The third-order valence-corrected chi connectivity index (χ3v) is 2.38. The maximum atomic E-state index is 5.27. The van der Waals surface area contributed by atoms with E-state index in [1.54, 1.807) is 0 Å². The summed E-state index contributed by atoms with van der Waals surface area (Å²) in [5, 5.41) is 4.01. The normalized spacial score (nSPS) is 13.7. The molecule has 0 bridgehead atoms. The summed E-state index contributed by atoms with van der Waals surface area (Å²) in [6.45, 7) is 0.705. The van der Waals surface area contributed by atoms with Crippen LogP contribution in [0.4, 0.5) is 0 Å². The molecule has 0 spiro atoms. The second-order valence-corrected chi connectivity index (χ2v) is 3.26. The highest BCUT2D eigenvalue weighted by molar-refractivity contribution is 5.64. The average Bonchev–Trinajstić information content (AvgIpc) is 2.79. The largest absolute Gasteiger partial charge is 0.463 e. The second-order valence-electron chi connectivity index (χ2n) is 3.26. The Morgan fingerprint density at radius 2 is 2.00 bits per heavy atom. The van der Waals surface area contributed by atoms with E-state index >= 15 is 0 Å². The zero-order valence-electron chi connectivity index (χ0n) is 7.56. The SMILES string of the molecule is c1ccc(-c2noc3c2CCO3)cc1. The van der Waals surface area contributed by atoms with Crippen LogP contribution in [0.3, 0.4) is 0 Å². The number of ether oxygens (including phenoxy) is 1. The van der Waals surface area contributed by atoms with Crippen LogP contribution in [0.1, 0.15) is 5.56 Å². The third-order valence-electron chi connectivity index (χ3n) is 2.38. The van der Waals surface area contributed by atoms with E-state index in [2.05, 4.69) is 5.16 Å². The summed E-state index contributed by atoms with van der Waals surface area (Å²) in [4.78, 5) is 0. The molecule has 1 aliphatic heterocycles. The molecule has 0 radical (unpaired) electrons. The van der Waals surface area contributed by atoms with Crippen LogP contribution in [0.15, 0.2) is 34.9 Å². The van der Waals surface area contributed by atoms with E-state index in [0.29, 0.717) is 12.6 Å². The summed E-state index contributed by atoms with van der Waals surface area (Å²) in [6, 6.07) is 10.0. The van der Waals surface area contributed by atoms with Crippen LogP contribution >= 0.6 is 0 Å². The number of hydrogen-bond donors (Lipinski definition) is 0. The zero-order valence-corrected chi connectivity index (χ0v) is 7.56. The Kier molecular flexibility index (Phi) is 1.56. The molecule has 3 rings (SSSR count). The predicted octanol–water partition coefficient (Wildman–Crippen LogP) is 2.28. The average molecular weight is 187 g/mol. The van der Waals surface area contributed by atoms with E-state index in [1.165, 1.54) is 0 Å². The molecule has 2 aromatic rings. The fourth-order valence-corrected chi connectivity index (χ4v) is 1.70. The van der Waals surface area contributed by atoms with Gasteiger partial charge in [0.15, 0.2) is 0 Å². The van der Waals surface area contributed by atoms with Crippen LogP contribution in [0.2, 0.25) is 0 Å². The Balaban J connectivity index is 2.13. The summed E-state index contributed by atoms with van der Waals surface area (Å²) < 4.78 is 10.4. The smallest absolute Gasteiger partial charge is 0.315 e. The summed E-state index contributed by atoms with van der Waals surface area (Å²) >= 11 is 0. The lowest BCUT2D eigenvalue weighted by molar-refractivity contribution is 0.238. The van der Waals surface area contributed by atoms with Crippen LogP contribution in [-0.4, -0.2) is 11.8 Å². The monoisotopic (exact) mass is 187 g/mol. The minimum Gasteiger partial charge on any atom is -0.463 e. The van der Waals surface area contributed by atoms with Gasteiger partial charge in [0.25, 0.3) is 0 Å². The van der Waals surface area contributed by atoms with E-state index in [4.69, 9.17) is 9.26 Å². The number of aromatic nitrogens is 1. The molecule has 2 heterocycles. The van der Waals surface area contributed by atoms with E-state index in [9.17, 15) is 0 Å². The summed E-state index contributed by atoms with van der Waals surface area (Å²) in [6.07, 6.45) is 0.892. The molecule has 3 nitrogen and oxygen atoms in total. The second kappa shape index (κ2) is 2.87. The van der Waals surface area contributed by atoms with Gasteiger partial charge in [-0.2, -0.15) is 0 Å². The van der Waals surface area contributed by atoms with Gasteiger partial charge >= 0.3 is 5.95 Å². The van der Waals surface area contributed by atoms with Gasteiger partial charge in [0.1, 0.15) is 5.69 Å². The zero-order chi connectivity index (χ0) is 9.38. The third kappa shape index (κ3) is 1.02. The standard InChI is InChI=1S/C11H9NO2/c1-2-4-8(5-3-1)10-9-6-7-13-11(9)14-12-10/h1-5H,6-7H2.